The first kappa shape index (κ1) is 14.0. The molecule has 0 bridgehead atoms. The van der Waals surface area contributed by atoms with E-state index in [9.17, 15) is 9.90 Å². The van der Waals surface area contributed by atoms with Gasteiger partial charge in [-0.2, -0.15) is 0 Å². The van der Waals surface area contributed by atoms with E-state index in [1.54, 1.807) is 7.11 Å². The number of amides is 1. The number of nitrogens with one attached hydrogen (secondary N) is 2. The maximum atomic E-state index is 11.9. The van der Waals surface area contributed by atoms with Gasteiger partial charge < -0.3 is 20.5 Å². The first-order valence-corrected chi connectivity index (χ1v) is 6.47. The first-order valence-electron chi connectivity index (χ1n) is 6.47. The standard InChI is InChI=1S/C14H20N2O3/c1-19-13(10-5-3-2-4-6-10)9-16-14(18)12-7-11(17)8-15-12/h2-6,11-13,15,17H,7-9H2,1H3,(H,16,18)/t11-,12-,13-/m1/s1. The number of hydrogen-bond acceptors (Lipinski definition) is 4. The van der Waals surface area contributed by atoms with Crippen molar-refractivity contribution in [2.45, 2.75) is 24.7 Å². The van der Waals surface area contributed by atoms with Crippen LogP contribution in [0.1, 0.15) is 18.1 Å². The van der Waals surface area contributed by atoms with Gasteiger partial charge in [0.15, 0.2) is 0 Å². The van der Waals surface area contributed by atoms with Crippen molar-refractivity contribution in [3.05, 3.63) is 35.9 Å². The van der Waals surface area contributed by atoms with Crippen LogP contribution in [0.3, 0.4) is 0 Å². The fraction of sp³-hybridized carbons (Fsp3) is 0.500. The number of aliphatic hydroxyl groups excluding tert-OH is 1. The van der Waals surface area contributed by atoms with Crippen LogP contribution >= 0.6 is 0 Å². The number of aliphatic hydroxyl groups is 1. The molecule has 3 atom stereocenters. The molecule has 1 aromatic carbocycles. The quantitative estimate of drug-likeness (QED) is 0.711. The molecule has 0 saturated carbocycles. The van der Waals surface area contributed by atoms with E-state index in [0.717, 1.165) is 5.56 Å². The summed E-state index contributed by atoms with van der Waals surface area (Å²) in [6.07, 6.45) is -0.117. The van der Waals surface area contributed by atoms with Crippen LogP contribution in [0, 0.1) is 0 Å². The van der Waals surface area contributed by atoms with Crippen molar-refractivity contribution in [3.63, 3.8) is 0 Å². The molecule has 1 aliphatic heterocycles. The second-order valence-electron chi connectivity index (χ2n) is 4.73. The normalized spacial score (nSPS) is 24.1. The molecule has 1 heterocycles. The van der Waals surface area contributed by atoms with Crippen LogP contribution in [0.2, 0.25) is 0 Å². The van der Waals surface area contributed by atoms with Crippen LogP contribution in [0.25, 0.3) is 0 Å². The van der Waals surface area contributed by atoms with Gasteiger partial charge in [-0.25, -0.2) is 0 Å². The van der Waals surface area contributed by atoms with Gasteiger partial charge in [0.1, 0.15) is 0 Å². The van der Waals surface area contributed by atoms with Crippen molar-refractivity contribution < 1.29 is 14.6 Å². The van der Waals surface area contributed by atoms with Crippen molar-refractivity contribution in [2.24, 2.45) is 0 Å². The third kappa shape index (κ3) is 3.76. The lowest BCUT2D eigenvalue weighted by molar-refractivity contribution is -0.123. The van der Waals surface area contributed by atoms with Crippen LogP contribution in [-0.4, -0.2) is 43.4 Å². The zero-order chi connectivity index (χ0) is 13.7. The van der Waals surface area contributed by atoms with Gasteiger partial charge in [0, 0.05) is 20.2 Å². The SMILES string of the molecule is CO[C@H](CNC(=O)[C@H]1C[C@@H](O)CN1)c1ccccc1. The smallest absolute Gasteiger partial charge is 0.237 e. The van der Waals surface area contributed by atoms with Crippen LogP contribution in [0.15, 0.2) is 30.3 Å². The van der Waals surface area contributed by atoms with E-state index in [1.165, 1.54) is 0 Å². The van der Waals surface area contributed by atoms with Gasteiger partial charge in [0.25, 0.3) is 0 Å². The molecule has 1 aliphatic rings. The summed E-state index contributed by atoms with van der Waals surface area (Å²) in [6.45, 7) is 0.901. The summed E-state index contributed by atoms with van der Waals surface area (Å²) in [5.74, 6) is -0.0884. The van der Waals surface area contributed by atoms with Crippen LogP contribution in [-0.2, 0) is 9.53 Å². The average molecular weight is 264 g/mol. The monoisotopic (exact) mass is 264 g/mol. The number of hydrogen-bond donors (Lipinski definition) is 3. The van der Waals surface area contributed by atoms with Crippen molar-refractivity contribution >= 4 is 5.91 Å². The molecule has 5 heteroatoms. The summed E-state index contributed by atoms with van der Waals surface area (Å²) in [5, 5.41) is 15.2. The Morgan fingerprint density at radius 1 is 1.53 bits per heavy atom. The lowest BCUT2D eigenvalue weighted by Crippen LogP contribution is -2.42. The molecule has 3 N–H and O–H groups in total. The molecule has 0 aromatic heterocycles. The van der Waals surface area contributed by atoms with E-state index >= 15 is 0 Å². The van der Waals surface area contributed by atoms with Crippen molar-refractivity contribution in [3.8, 4) is 0 Å². The molecule has 0 radical (unpaired) electrons. The number of carbonyl (C=O) groups excluding carboxylic acids is 1. The Balaban J connectivity index is 1.85. The highest BCUT2D eigenvalue weighted by Gasteiger charge is 2.28. The van der Waals surface area contributed by atoms with Gasteiger partial charge in [-0.1, -0.05) is 30.3 Å². The maximum absolute atomic E-state index is 11.9. The van der Waals surface area contributed by atoms with Crippen molar-refractivity contribution in [2.75, 3.05) is 20.2 Å². The molecular weight excluding hydrogens is 244 g/mol. The average Bonchev–Trinajstić information content (AvgIpc) is 2.87. The van der Waals surface area contributed by atoms with Gasteiger partial charge in [-0.15, -0.1) is 0 Å². The molecule has 5 nitrogen and oxygen atoms in total. The highest BCUT2D eigenvalue weighted by atomic mass is 16.5. The summed E-state index contributed by atoms with van der Waals surface area (Å²) >= 11 is 0. The van der Waals surface area contributed by atoms with Crippen molar-refractivity contribution in [1.82, 2.24) is 10.6 Å². The summed E-state index contributed by atoms with van der Waals surface area (Å²) in [4.78, 5) is 11.9. The van der Waals surface area contributed by atoms with Gasteiger partial charge in [0.05, 0.1) is 18.2 Å². The lowest BCUT2D eigenvalue weighted by atomic mass is 10.1. The maximum Gasteiger partial charge on any atom is 0.237 e. The summed E-state index contributed by atoms with van der Waals surface area (Å²) in [7, 11) is 1.63. The number of rotatable bonds is 5. The summed E-state index contributed by atoms with van der Waals surface area (Å²) < 4.78 is 5.39. The van der Waals surface area contributed by atoms with Gasteiger partial charge in [0.2, 0.25) is 5.91 Å². The van der Waals surface area contributed by atoms with Crippen LogP contribution in [0.5, 0.6) is 0 Å². The van der Waals surface area contributed by atoms with Gasteiger partial charge >= 0.3 is 0 Å². The van der Waals surface area contributed by atoms with Crippen LogP contribution < -0.4 is 10.6 Å². The molecule has 1 amide bonds. The molecule has 104 valence electrons. The third-order valence-corrected chi connectivity index (χ3v) is 3.34. The predicted octanol–water partition coefficient (Wildman–Crippen LogP) is 0.213. The summed E-state index contributed by atoms with van der Waals surface area (Å²) in [6, 6.07) is 9.47. The molecule has 19 heavy (non-hydrogen) atoms. The lowest BCUT2D eigenvalue weighted by Gasteiger charge is -2.18. The zero-order valence-electron chi connectivity index (χ0n) is 11.0. The topological polar surface area (TPSA) is 70.6 Å². The van der Waals surface area contributed by atoms with Crippen LogP contribution in [0.4, 0.5) is 0 Å². The van der Waals surface area contributed by atoms with E-state index in [1.807, 2.05) is 30.3 Å². The first-order chi connectivity index (χ1) is 9.20. The Kier molecular flexibility index (Phi) is 4.90. The number of ether oxygens (including phenoxy) is 1. The van der Waals surface area contributed by atoms with Crippen molar-refractivity contribution in [1.29, 1.82) is 0 Å². The fourth-order valence-electron chi connectivity index (χ4n) is 2.24. The highest BCUT2D eigenvalue weighted by molar-refractivity contribution is 5.82. The van der Waals surface area contributed by atoms with E-state index in [-0.39, 0.29) is 18.1 Å². The fourth-order valence-corrected chi connectivity index (χ4v) is 2.24. The summed E-state index contributed by atoms with van der Waals surface area (Å²) in [5.41, 5.74) is 1.03. The Labute approximate surface area is 113 Å². The predicted molar refractivity (Wildman–Crippen MR) is 71.6 cm³/mol. The Morgan fingerprint density at radius 2 is 2.26 bits per heavy atom. The Hall–Kier alpha value is -1.43. The number of carbonyl (C=O) groups is 1. The number of benzene rings is 1. The second-order valence-corrected chi connectivity index (χ2v) is 4.73. The highest BCUT2D eigenvalue weighted by Crippen LogP contribution is 2.15. The zero-order valence-corrected chi connectivity index (χ0v) is 11.0. The molecule has 1 fully saturated rings. The molecule has 1 aromatic rings. The molecule has 0 aliphatic carbocycles. The minimum Gasteiger partial charge on any atom is -0.392 e. The Bertz CT molecular complexity index is 410. The minimum atomic E-state index is -0.428. The molecule has 0 unspecified atom stereocenters. The van der Waals surface area contributed by atoms with E-state index in [0.29, 0.717) is 19.5 Å². The number of methoxy groups -OCH3 is 1. The van der Waals surface area contributed by atoms with Gasteiger partial charge in [-0.3, -0.25) is 4.79 Å². The Morgan fingerprint density at radius 3 is 2.84 bits per heavy atom. The third-order valence-electron chi connectivity index (χ3n) is 3.34. The van der Waals surface area contributed by atoms with E-state index < -0.39 is 6.10 Å². The number of β-amino-alcohol motifs (C(OH)–C–C–N with tert-alkyl or cyclic N) is 1. The molecule has 1 saturated heterocycles. The van der Waals surface area contributed by atoms with E-state index in [4.69, 9.17) is 4.74 Å². The molecular formula is C14H20N2O3. The molecule has 0 spiro atoms. The minimum absolute atomic E-state index is 0.0884. The van der Waals surface area contributed by atoms with E-state index in [2.05, 4.69) is 10.6 Å². The second kappa shape index (κ2) is 6.65. The van der Waals surface area contributed by atoms with Gasteiger partial charge in [-0.05, 0) is 12.0 Å². The largest absolute Gasteiger partial charge is 0.392 e. The molecule has 2 rings (SSSR count).